The largest absolute Gasteiger partial charge is 0.353 e. The summed E-state index contributed by atoms with van der Waals surface area (Å²) in [7, 11) is -3.11. The smallest absolute Gasteiger partial charge is 0.220 e. The average molecular weight is 368 g/mol. The number of nitrogens with one attached hydrogen (secondary N) is 1. The quantitative estimate of drug-likeness (QED) is 0.838. The van der Waals surface area contributed by atoms with Gasteiger partial charge in [-0.1, -0.05) is 19.1 Å². The third-order valence-corrected chi connectivity index (χ3v) is 7.45. The van der Waals surface area contributed by atoms with E-state index in [1.807, 2.05) is 6.92 Å². The van der Waals surface area contributed by atoms with Crippen LogP contribution in [0, 0.1) is 5.82 Å². The first-order chi connectivity index (χ1) is 11.9. The van der Waals surface area contributed by atoms with E-state index in [4.69, 9.17) is 0 Å². The molecule has 7 heteroatoms. The van der Waals surface area contributed by atoms with E-state index in [1.54, 1.807) is 16.4 Å². The number of hydrogen-bond acceptors (Lipinski definition) is 3. The zero-order valence-corrected chi connectivity index (χ0v) is 15.3. The molecule has 1 amide bonds. The fourth-order valence-corrected chi connectivity index (χ4v) is 5.18. The summed E-state index contributed by atoms with van der Waals surface area (Å²) in [5.41, 5.74) is 0.932. The Kier molecular flexibility index (Phi) is 5.43. The summed E-state index contributed by atoms with van der Waals surface area (Å²) < 4.78 is 39.0. The average Bonchev–Trinajstić information content (AvgIpc) is 3.41. The Balaban J connectivity index is 1.45. The van der Waals surface area contributed by atoms with Crippen LogP contribution in [0.25, 0.3) is 0 Å². The Hall–Kier alpha value is -1.47. The maximum atomic E-state index is 13.0. The zero-order valence-electron chi connectivity index (χ0n) is 14.4. The second-order valence-corrected chi connectivity index (χ2v) is 9.35. The molecule has 1 aliphatic carbocycles. The van der Waals surface area contributed by atoms with Gasteiger partial charge in [-0.25, -0.2) is 17.1 Å². The predicted octanol–water partition coefficient (Wildman–Crippen LogP) is 2.39. The summed E-state index contributed by atoms with van der Waals surface area (Å²) in [4.78, 5) is 12.2. The molecule has 1 saturated carbocycles. The van der Waals surface area contributed by atoms with Crippen LogP contribution in [0.3, 0.4) is 0 Å². The van der Waals surface area contributed by atoms with Gasteiger partial charge in [-0.05, 0) is 49.3 Å². The number of piperidine rings is 1. The molecule has 1 aromatic rings. The zero-order chi connectivity index (χ0) is 18.0. The number of rotatable bonds is 6. The van der Waals surface area contributed by atoms with Gasteiger partial charge in [-0.2, -0.15) is 0 Å². The summed E-state index contributed by atoms with van der Waals surface area (Å²) in [5, 5.41) is 2.84. The van der Waals surface area contributed by atoms with Gasteiger partial charge in [0, 0.05) is 25.6 Å². The minimum atomic E-state index is -3.11. The van der Waals surface area contributed by atoms with Crippen molar-refractivity contribution >= 4 is 15.9 Å². The van der Waals surface area contributed by atoms with Crippen molar-refractivity contribution in [1.82, 2.24) is 9.62 Å². The minimum absolute atomic E-state index is 0.0101. The maximum absolute atomic E-state index is 13.0. The SMILES string of the molecule is CC(CC(=O)NC1CCN(S(=O)(=O)C2CC2)CC1)c1ccc(F)cc1. The van der Waals surface area contributed by atoms with E-state index in [0.717, 1.165) is 18.4 Å². The lowest BCUT2D eigenvalue weighted by Crippen LogP contribution is -2.47. The number of amides is 1. The molecule has 0 spiro atoms. The van der Waals surface area contributed by atoms with Crippen LogP contribution in [0.4, 0.5) is 4.39 Å². The third kappa shape index (κ3) is 4.58. The van der Waals surface area contributed by atoms with Gasteiger partial charge in [-0.3, -0.25) is 4.79 Å². The number of carbonyl (C=O) groups is 1. The van der Waals surface area contributed by atoms with Crippen LogP contribution in [0.15, 0.2) is 24.3 Å². The molecule has 1 saturated heterocycles. The molecular formula is C18H25FN2O3S. The molecule has 2 fully saturated rings. The van der Waals surface area contributed by atoms with Gasteiger partial charge in [0.1, 0.15) is 5.82 Å². The van der Waals surface area contributed by atoms with Crippen LogP contribution >= 0.6 is 0 Å². The highest BCUT2D eigenvalue weighted by molar-refractivity contribution is 7.90. The number of carbonyl (C=O) groups excluding carboxylic acids is 1. The lowest BCUT2D eigenvalue weighted by Gasteiger charge is -2.31. The topological polar surface area (TPSA) is 66.5 Å². The summed E-state index contributed by atoms with van der Waals surface area (Å²) >= 11 is 0. The highest BCUT2D eigenvalue weighted by atomic mass is 32.2. The van der Waals surface area contributed by atoms with Gasteiger partial charge >= 0.3 is 0 Å². The second kappa shape index (κ2) is 7.41. The molecular weight excluding hydrogens is 343 g/mol. The number of halogens is 1. The van der Waals surface area contributed by atoms with Crippen LogP contribution in [0.5, 0.6) is 0 Å². The second-order valence-electron chi connectivity index (χ2n) is 7.14. The third-order valence-electron chi connectivity index (χ3n) is 5.06. The Morgan fingerprint density at radius 3 is 2.36 bits per heavy atom. The Morgan fingerprint density at radius 1 is 1.20 bits per heavy atom. The lowest BCUT2D eigenvalue weighted by molar-refractivity contribution is -0.122. The normalized spacial score (nSPS) is 21.0. The van der Waals surface area contributed by atoms with Crippen molar-refractivity contribution in [2.24, 2.45) is 0 Å². The van der Waals surface area contributed by atoms with Crippen LogP contribution < -0.4 is 5.32 Å². The monoisotopic (exact) mass is 368 g/mol. The van der Waals surface area contributed by atoms with Crippen molar-refractivity contribution in [3.05, 3.63) is 35.6 Å². The molecule has 1 aromatic carbocycles. The van der Waals surface area contributed by atoms with Gasteiger partial charge in [0.25, 0.3) is 0 Å². The molecule has 25 heavy (non-hydrogen) atoms. The molecule has 1 aliphatic heterocycles. The molecule has 0 bridgehead atoms. The summed E-state index contributed by atoms with van der Waals surface area (Å²) in [6, 6.07) is 6.24. The molecule has 1 unspecified atom stereocenters. The first-order valence-electron chi connectivity index (χ1n) is 8.90. The Bertz CT molecular complexity index is 708. The fourth-order valence-electron chi connectivity index (χ4n) is 3.31. The number of hydrogen-bond donors (Lipinski definition) is 1. The van der Waals surface area contributed by atoms with E-state index in [2.05, 4.69) is 5.32 Å². The van der Waals surface area contributed by atoms with Crippen molar-refractivity contribution < 1.29 is 17.6 Å². The van der Waals surface area contributed by atoms with E-state index in [0.29, 0.717) is 32.4 Å². The first kappa shape index (κ1) is 18.3. The minimum Gasteiger partial charge on any atom is -0.353 e. The van der Waals surface area contributed by atoms with Crippen molar-refractivity contribution in [2.45, 2.75) is 56.2 Å². The lowest BCUT2D eigenvalue weighted by atomic mass is 9.97. The molecule has 1 heterocycles. The molecule has 0 radical (unpaired) electrons. The van der Waals surface area contributed by atoms with Gasteiger partial charge < -0.3 is 5.32 Å². The van der Waals surface area contributed by atoms with E-state index < -0.39 is 10.0 Å². The van der Waals surface area contributed by atoms with Gasteiger partial charge in [0.05, 0.1) is 5.25 Å². The molecule has 138 valence electrons. The molecule has 1 N–H and O–H groups in total. The molecule has 0 aromatic heterocycles. The number of nitrogens with zero attached hydrogens (tertiary/aromatic N) is 1. The molecule has 2 aliphatic rings. The van der Waals surface area contributed by atoms with E-state index in [-0.39, 0.29) is 28.9 Å². The molecule has 3 rings (SSSR count). The summed E-state index contributed by atoms with van der Waals surface area (Å²) in [5.74, 6) is -0.315. The van der Waals surface area contributed by atoms with Crippen molar-refractivity contribution in [1.29, 1.82) is 0 Å². The van der Waals surface area contributed by atoms with E-state index in [1.165, 1.54) is 12.1 Å². The summed E-state index contributed by atoms with van der Waals surface area (Å²) in [6.45, 7) is 2.91. The Labute approximate surface area is 148 Å². The van der Waals surface area contributed by atoms with Gasteiger partial charge in [-0.15, -0.1) is 0 Å². The Morgan fingerprint density at radius 2 is 1.80 bits per heavy atom. The van der Waals surface area contributed by atoms with Crippen LogP contribution in [-0.2, 0) is 14.8 Å². The van der Waals surface area contributed by atoms with E-state index >= 15 is 0 Å². The number of benzene rings is 1. The maximum Gasteiger partial charge on any atom is 0.220 e. The van der Waals surface area contributed by atoms with E-state index in [9.17, 15) is 17.6 Å². The highest BCUT2D eigenvalue weighted by Gasteiger charge is 2.41. The fraction of sp³-hybridized carbons (Fsp3) is 0.611. The van der Waals surface area contributed by atoms with Gasteiger partial charge in [0.15, 0.2) is 0 Å². The van der Waals surface area contributed by atoms with Crippen molar-refractivity contribution in [2.75, 3.05) is 13.1 Å². The van der Waals surface area contributed by atoms with Gasteiger partial charge in [0.2, 0.25) is 15.9 Å². The highest BCUT2D eigenvalue weighted by Crippen LogP contribution is 2.32. The predicted molar refractivity (Wildman–Crippen MR) is 94.1 cm³/mol. The van der Waals surface area contributed by atoms with Crippen molar-refractivity contribution in [3.8, 4) is 0 Å². The molecule has 5 nitrogen and oxygen atoms in total. The van der Waals surface area contributed by atoms with Crippen LogP contribution in [-0.4, -0.2) is 43.0 Å². The van der Waals surface area contributed by atoms with Crippen LogP contribution in [0.1, 0.15) is 50.5 Å². The van der Waals surface area contributed by atoms with Crippen LogP contribution in [0.2, 0.25) is 0 Å². The standard InChI is InChI=1S/C18H25FN2O3S/c1-13(14-2-4-15(19)5-3-14)12-18(22)20-16-8-10-21(11-9-16)25(23,24)17-6-7-17/h2-5,13,16-17H,6-12H2,1H3,(H,20,22). The summed E-state index contributed by atoms with van der Waals surface area (Å²) in [6.07, 6.45) is 3.21. The first-order valence-corrected chi connectivity index (χ1v) is 10.4. The number of sulfonamides is 1. The molecule has 1 atom stereocenters. The van der Waals surface area contributed by atoms with Crippen molar-refractivity contribution in [3.63, 3.8) is 0 Å².